The van der Waals surface area contributed by atoms with Crippen LogP contribution in [-0.4, -0.2) is 45.9 Å². The number of para-hydroxylation sites is 1. The molecule has 0 spiro atoms. The van der Waals surface area contributed by atoms with Crippen molar-refractivity contribution in [2.75, 3.05) is 12.0 Å². The average molecular weight is 530 g/mol. The summed E-state index contributed by atoms with van der Waals surface area (Å²) in [5, 5.41) is 11.3. The van der Waals surface area contributed by atoms with E-state index in [1.165, 1.54) is 47.0 Å². The predicted octanol–water partition coefficient (Wildman–Crippen LogP) is 4.19. The first-order chi connectivity index (χ1) is 18.9. The number of ether oxygens (including phenoxy) is 1. The summed E-state index contributed by atoms with van der Waals surface area (Å²) in [7, 11) is 1.27. The Hall–Kier alpha value is -4.60. The molecule has 3 aromatic carbocycles. The van der Waals surface area contributed by atoms with E-state index >= 15 is 0 Å². The molecule has 1 aliphatic carbocycles. The van der Waals surface area contributed by atoms with Crippen LogP contribution in [0.1, 0.15) is 47.6 Å². The van der Waals surface area contributed by atoms with Gasteiger partial charge in [0.15, 0.2) is 0 Å². The number of amides is 2. The van der Waals surface area contributed by atoms with Crippen molar-refractivity contribution in [2.24, 2.45) is 0 Å². The summed E-state index contributed by atoms with van der Waals surface area (Å²) in [4.78, 5) is 41.6. The van der Waals surface area contributed by atoms with Crippen LogP contribution in [0.25, 0.3) is 11.0 Å². The lowest BCUT2D eigenvalue weighted by Gasteiger charge is -2.32. The summed E-state index contributed by atoms with van der Waals surface area (Å²) in [5.74, 6) is -1.91. The molecule has 1 atom stereocenters. The number of carbonyl (C=O) groups is 3. The SMILES string of the molecule is COC(=O)c1cccc(N(C(=O)Cn2nnc3ccccc32)[C@H](C(=O)NC2CCCC2)c2ccc(F)cc2)c1. The van der Waals surface area contributed by atoms with Crippen molar-refractivity contribution in [3.63, 3.8) is 0 Å². The van der Waals surface area contributed by atoms with E-state index in [-0.39, 0.29) is 18.2 Å². The van der Waals surface area contributed by atoms with Crippen LogP contribution in [0, 0.1) is 5.82 Å². The molecule has 1 aromatic heterocycles. The van der Waals surface area contributed by atoms with Crippen molar-refractivity contribution in [2.45, 2.75) is 44.3 Å². The number of halogens is 1. The summed E-state index contributed by atoms with van der Waals surface area (Å²) in [6.45, 7) is -0.225. The Labute approximate surface area is 224 Å². The Bertz CT molecular complexity index is 1500. The lowest BCUT2D eigenvalue weighted by molar-refractivity contribution is -0.127. The number of methoxy groups -OCH3 is 1. The van der Waals surface area contributed by atoms with Gasteiger partial charge in [-0.3, -0.25) is 14.5 Å². The van der Waals surface area contributed by atoms with Gasteiger partial charge in [0.1, 0.15) is 23.9 Å². The molecule has 1 saturated carbocycles. The first-order valence-corrected chi connectivity index (χ1v) is 12.8. The van der Waals surface area contributed by atoms with E-state index < -0.39 is 29.6 Å². The first-order valence-electron chi connectivity index (χ1n) is 12.8. The fourth-order valence-electron chi connectivity index (χ4n) is 4.99. The third-order valence-electron chi connectivity index (χ3n) is 6.91. The highest BCUT2D eigenvalue weighted by atomic mass is 19.1. The van der Waals surface area contributed by atoms with Gasteiger partial charge in [0.2, 0.25) is 11.8 Å². The molecular formula is C29H28FN5O4. The zero-order chi connectivity index (χ0) is 27.4. The number of anilines is 1. The van der Waals surface area contributed by atoms with Crippen molar-refractivity contribution in [1.29, 1.82) is 0 Å². The van der Waals surface area contributed by atoms with Crippen LogP contribution in [0.2, 0.25) is 0 Å². The zero-order valence-electron chi connectivity index (χ0n) is 21.4. The maximum atomic E-state index is 14.1. The minimum absolute atomic E-state index is 0.0157. The van der Waals surface area contributed by atoms with Crippen LogP contribution < -0.4 is 10.2 Å². The fourth-order valence-corrected chi connectivity index (χ4v) is 4.99. The summed E-state index contributed by atoms with van der Waals surface area (Å²) < 4.78 is 20.2. The molecule has 5 rings (SSSR count). The third-order valence-corrected chi connectivity index (χ3v) is 6.91. The van der Waals surface area contributed by atoms with E-state index in [1.807, 2.05) is 12.1 Å². The molecule has 1 aliphatic rings. The Kier molecular flexibility index (Phi) is 7.62. The minimum atomic E-state index is -1.14. The molecule has 10 heteroatoms. The van der Waals surface area contributed by atoms with Gasteiger partial charge < -0.3 is 10.1 Å². The predicted molar refractivity (Wildman–Crippen MR) is 142 cm³/mol. The number of aromatic nitrogens is 3. The molecule has 1 N–H and O–H groups in total. The van der Waals surface area contributed by atoms with Gasteiger partial charge >= 0.3 is 5.97 Å². The van der Waals surface area contributed by atoms with E-state index in [2.05, 4.69) is 15.6 Å². The van der Waals surface area contributed by atoms with Crippen LogP contribution in [0.5, 0.6) is 0 Å². The van der Waals surface area contributed by atoms with Gasteiger partial charge in [-0.15, -0.1) is 5.10 Å². The maximum absolute atomic E-state index is 14.1. The summed E-state index contributed by atoms with van der Waals surface area (Å²) in [6, 6.07) is 17.9. The van der Waals surface area contributed by atoms with Crippen molar-refractivity contribution in [1.82, 2.24) is 20.3 Å². The van der Waals surface area contributed by atoms with E-state index in [9.17, 15) is 18.8 Å². The first kappa shape index (κ1) is 26.0. The molecule has 4 aromatic rings. The van der Waals surface area contributed by atoms with Crippen LogP contribution in [0.3, 0.4) is 0 Å². The normalized spacial score (nSPS) is 14.2. The average Bonchev–Trinajstić information content (AvgIpc) is 3.62. The molecule has 0 aliphatic heterocycles. The Morgan fingerprint density at radius 1 is 1.05 bits per heavy atom. The van der Waals surface area contributed by atoms with Crippen molar-refractivity contribution in [3.05, 3.63) is 89.7 Å². The molecule has 2 amide bonds. The van der Waals surface area contributed by atoms with Gasteiger partial charge in [0.25, 0.3) is 0 Å². The highest BCUT2D eigenvalue weighted by Gasteiger charge is 2.35. The molecular weight excluding hydrogens is 501 g/mol. The summed E-state index contributed by atoms with van der Waals surface area (Å²) >= 11 is 0. The zero-order valence-corrected chi connectivity index (χ0v) is 21.4. The number of benzene rings is 3. The molecule has 0 radical (unpaired) electrons. The standard InChI is InChI=1S/C29H28FN5O4/c1-39-29(38)20-7-6-10-23(17-20)35(26(36)18-34-25-12-5-4-11-24(25)32-33-34)27(19-13-15-21(30)16-14-19)28(37)31-22-8-2-3-9-22/h4-7,10-17,22,27H,2-3,8-9,18H2,1H3,(H,31,37)/t27-/m0/s1. The van der Waals surface area contributed by atoms with Gasteiger partial charge in [0.05, 0.1) is 18.2 Å². The highest BCUT2D eigenvalue weighted by Crippen LogP contribution is 2.31. The van der Waals surface area contributed by atoms with Crippen molar-refractivity contribution in [3.8, 4) is 0 Å². The largest absolute Gasteiger partial charge is 0.465 e. The number of fused-ring (bicyclic) bond motifs is 1. The quantitative estimate of drug-likeness (QED) is 0.343. The van der Waals surface area contributed by atoms with Crippen LogP contribution in [-0.2, 0) is 20.9 Å². The number of nitrogens with one attached hydrogen (secondary N) is 1. The smallest absolute Gasteiger partial charge is 0.337 e. The monoisotopic (exact) mass is 529 g/mol. The lowest BCUT2D eigenvalue weighted by atomic mass is 10.0. The second kappa shape index (κ2) is 11.4. The third kappa shape index (κ3) is 5.64. The summed E-state index contributed by atoms with van der Waals surface area (Å²) in [6.07, 6.45) is 3.71. The fraction of sp³-hybridized carbons (Fsp3) is 0.276. The highest BCUT2D eigenvalue weighted by molar-refractivity contribution is 6.02. The van der Waals surface area contributed by atoms with Gasteiger partial charge in [-0.05, 0) is 60.9 Å². The van der Waals surface area contributed by atoms with E-state index in [0.717, 1.165) is 25.7 Å². The molecule has 0 unspecified atom stereocenters. The number of esters is 1. The Balaban J connectivity index is 1.60. The second-order valence-corrected chi connectivity index (χ2v) is 9.49. The molecule has 1 heterocycles. The van der Waals surface area contributed by atoms with E-state index in [4.69, 9.17) is 4.74 Å². The van der Waals surface area contributed by atoms with Gasteiger partial charge in [-0.2, -0.15) is 0 Å². The molecule has 1 fully saturated rings. The number of carbonyl (C=O) groups excluding carboxylic acids is 3. The summed E-state index contributed by atoms with van der Waals surface area (Å²) in [5.41, 5.74) is 2.23. The lowest BCUT2D eigenvalue weighted by Crippen LogP contribution is -2.47. The topological polar surface area (TPSA) is 106 Å². The molecule has 0 bridgehead atoms. The molecule has 39 heavy (non-hydrogen) atoms. The second-order valence-electron chi connectivity index (χ2n) is 9.49. The van der Waals surface area contributed by atoms with Crippen LogP contribution >= 0.6 is 0 Å². The van der Waals surface area contributed by atoms with Crippen molar-refractivity contribution < 1.29 is 23.5 Å². The number of nitrogens with zero attached hydrogens (tertiary/aromatic N) is 4. The number of hydrogen-bond donors (Lipinski definition) is 1. The number of hydrogen-bond acceptors (Lipinski definition) is 6. The molecule has 9 nitrogen and oxygen atoms in total. The van der Waals surface area contributed by atoms with Gasteiger partial charge in [-0.25, -0.2) is 13.9 Å². The van der Waals surface area contributed by atoms with E-state index in [1.54, 1.807) is 30.3 Å². The van der Waals surface area contributed by atoms with Gasteiger partial charge in [-0.1, -0.05) is 48.4 Å². The molecule has 200 valence electrons. The Morgan fingerprint density at radius 2 is 1.79 bits per heavy atom. The van der Waals surface area contributed by atoms with Gasteiger partial charge in [0, 0.05) is 11.7 Å². The van der Waals surface area contributed by atoms with E-state index in [0.29, 0.717) is 22.3 Å². The Morgan fingerprint density at radius 3 is 2.54 bits per heavy atom. The van der Waals surface area contributed by atoms with Crippen LogP contribution in [0.15, 0.2) is 72.8 Å². The van der Waals surface area contributed by atoms with Crippen molar-refractivity contribution >= 4 is 34.5 Å². The molecule has 0 saturated heterocycles. The number of rotatable bonds is 8. The maximum Gasteiger partial charge on any atom is 0.337 e. The van der Waals surface area contributed by atoms with Crippen LogP contribution in [0.4, 0.5) is 10.1 Å². The minimum Gasteiger partial charge on any atom is -0.465 e.